The molecule has 2 aromatic carbocycles. The van der Waals surface area contributed by atoms with E-state index in [1.807, 2.05) is 42.7 Å². The molecule has 0 aliphatic carbocycles. The second-order valence-corrected chi connectivity index (χ2v) is 9.77. The maximum absolute atomic E-state index is 12.8. The molecule has 1 aliphatic heterocycles. The molecule has 3 nitrogen and oxygen atoms in total. The second kappa shape index (κ2) is 10.3. The van der Waals surface area contributed by atoms with Crippen LogP contribution in [0, 0.1) is 0 Å². The molecule has 2 aromatic rings. The third-order valence-electron chi connectivity index (χ3n) is 5.09. The van der Waals surface area contributed by atoms with Crippen LogP contribution in [0.25, 0.3) is 0 Å². The fourth-order valence-electron chi connectivity index (χ4n) is 3.43. The number of hydrogen-bond donors (Lipinski definition) is 0. The summed E-state index contributed by atoms with van der Waals surface area (Å²) in [5, 5.41) is 0. The Morgan fingerprint density at radius 2 is 1.57 bits per heavy atom. The van der Waals surface area contributed by atoms with Crippen molar-refractivity contribution in [2.24, 2.45) is 0 Å². The van der Waals surface area contributed by atoms with Crippen molar-refractivity contribution in [1.82, 2.24) is 4.90 Å². The number of rotatable bonds is 7. The Morgan fingerprint density at radius 3 is 2.14 bits per heavy atom. The molecule has 28 heavy (non-hydrogen) atoms. The van der Waals surface area contributed by atoms with E-state index >= 15 is 0 Å². The summed E-state index contributed by atoms with van der Waals surface area (Å²) in [6.07, 6.45) is 1.29. The summed E-state index contributed by atoms with van der Waals surface area (Å²) in [6.45, 7) is 6.96. The smallest absolute Gasteiger partial charge is 0.253 e. The van der Waals surface area contributed by atoms with Gasteiger partial charge >= 0.3 is 0 Å². The number of carbonyl (C=O) groups is 1. The third-order valence-corrected chi connectivity index (χ3v) is 8.10. The minimum Gasteiger partial charge on any atom is -0.372 e. The normalized spacial score (nSPS) is 14.7. The van der Waals surface area contributed by atoms with E-state index in [9.17, 15) is 4.79 Å². The van der Waals surface area contributed by atoms with Crippen molar-refractivity contribution in [3.05, 3.63) is 65.2 Å². The quantitative estimate of drug-likeness (QED) is 0.582. The van der Waals surface area contributed by atoms with E-state index in [1.54, 1.807) is 4.90 Å². The van der Waals surface area contributed by atoms with Crippen molar-refractivity contribution in [3.8, 4) is 0 Å². The third kappa shape index (κ3) is 5.26. The molecule has 0 saturated carbocycles. The Hall–Kier alpha value is -1.59. The Kier molecular flexibility index (Phi) is 7.74. The number of nitrogens with zero attached hydrogens (tertiary/aromatic N) is 2. The van der Waals surface area contributed by atoms with E-state index in [0.717, 1.165) is 24.2 Å². The average molecular weight is 415 g/mol. The van der Waals surface area contributed by atoms with Crippen molar-refractivity contribution < 1.29 is 4.79 Å². The minimum atomic E-state index is 0.0725. The van der Waals surface area contributed by atoms with Crippen LogP contribution in [-0.4, -0.2) is 42.4 Å². The van der Waals surface area contributed by atoms with Gasteiger partial charge in [0.15, 0.2) is 0 Å². The molecule has 1 fully saturated rings. The van der Waals surface area contributed by atoms with Gasteiger partial charge in [0.25, 0.3) is 5.91 Å². The van der Waals surface area contributed by atoms with Gasteiger partial charge in [-0.3, -0.25) is 4.79 Å². The molecular formula is C23H30N2OS2. The Morgan fingerprint density at radius 1 is 0.964 bits per heavy atom. The number of amides is 1. The standard InChI is InChI=1S/C23H30N2OS2/c1-4-25(5-2)21-13-7-18(8-14-21)17-24(3)22(26)19-9-11-20(12-10-19)23-27-15-6-16-28-23/h7-14,23H,4-6,15-17H2,1-3H3. The minimum absolute atomic E-state index is 0.0725. The first-order valence-corrected chi connectivity index (χ1v) is 12.1. The molecule has 1 heterocycles. The van der Waals surface area contributed by atoms with Gasteiger partial charge in [0.1, 0.15) is 0 Å². The van der Waals surface area contributed by atoms with Crippen LogP contribution in [-0.2, 0) is 6.54 Å². The summed E-state index contributed by atoms with van der Waals surface area (Å²) in [4.78, 5) is 16.9. The fraction of sp³-hybridized carbons (Fsp3) is 0.435. The summed E-state index contributed by atoms with van der Waals surface area (Å²) in [6, 6.07) is 16.7. The van der Waals surface area contributed by atoms with Crippen LogP contribution in [0.2, 0.25) is 0 Å². The van der Waals surface area contributed by atoms with Crippen molar-refractivity contribution in [2.45, 2.75) is 31.4 Å². The average Bonchev–Trinajstić information content (AvgIpc) is 2.76. The van der Waals surface area contributed by atoms with Crippen LogP contribution < -0.4 is 4.90 Å². The lowest BCUT2D eigenvalue weighted by Gasteiger charge is -2.23. The molecule has 0 bridgehead atoms. The molecule has 0 spiro atoms. The van der Waals surface area contributed by atoms with Crippen molar-refractivity contribution in [1.29, 1.82) is 0 Å². The fourth-order valence-corrected chi connectivity index (χ4v) is 6.32. The Labute approximate surface area is 177 Å². The maximum Gasteiger partial charge on any atom is 0.253 e. The van der Waals surface area contributed by atoms with Gasteiger partial charge in [0.05, 0.1) is 4.58 Å². The van der Waals surface area contributed by atoms with Gasteiger partial charge in [0.2, 0.25) is 0 Å². The van der Waals surface area contributed by atoms with Crippen LogP contribution >= 0.6 is 23.5 Å². The highest BCUT2D eigenvalue weighted by Gasteiger charge is 2.18. The molecular weight excluding hydrogens is 384 g/mol. The van der Waals surface area contributed by atoms with E-state index in [1.165, 1.54) is 29.2 Å². The lowest BCUT2D eigenvalue weighted by Crippen LogP contribution is -2.26. The summed E-state index contributed by atoms with van der Waals surface area (Å²) >= 11 is 4.02. The van der Waals surface area contributed by atoms with Crippen LogP contribution in [0.3, 0.4) is 0 Å². The zero-order valence-electron chi connectivity index (χ0n) is 17.1. The lowest BCUT2D eigenvalue weighted by molar-refractivity contribution is 0.0785. The second-order valence-electron chi connectivity index (χ2n) is 7.05. The molecule has 0 unspecified atom stereocenters. The Balaban J connectivity index is 1.60. The SMILES string of the molecule is CCN(CC)c1ccc(CN(C)C(=O)c2ccc(C3SCCCS3)cc2)cc1. The number of carbonyl (C=O) groups excluding carboxylic acids is 1. The predicted octanol–water partition coefficient (Wildman–Crippen LogP) is 5.67. The molecule has 1 aliphatic rings. The van der Waals surface area contributed by atoms with Gasteiger partial charge in [0, 0.05) is 37.9 Å². The van der Waals surface area contributed by atoms with E-state index in [4.69, 9.17) is 0 Å². The highest BCUT2D eigenvalue weighted by molar-refractivity contribution is 8.16. The van der Waals surface area contributed by atoms with Gasteiger partial charge in [-0.05, 0) is 67.2 Å². The highest BCUT2D eigenvalue weighted by Crippen LogP contribution is 2.43. The predicted molar refractivity (Wildman–Crippen MR) is 125 cm³/mol. The summed E-state index contributed by atoms with van der Waals surface area (Å²) in [5.41, 5.74) is 4.47. The van der Waals surface area contributed by atoms with Crippen LogP contribution in [0.15, 0.2) is 48.5 Å². The molecule has 3 rings (SSSR count). The molecule has 5 heteroatoms. The molecule has 0 radical (unpaired) electrons. The highest BCUT2D eigenvalue weighted by atomic mass is 32.2. The molecule has 1 amide bonds. The molecule has 0 aromatic heterocycles. The number of thioether (sulfide) groups is 2. The Bertz CT molecular complexity index is 751. The monoisotopic (exact) mass is 414 g/mol. The van der Waals surface area contributed by atoms with Crippen molar-refractivity contribution in [2.75, 3.05) is 36.5 Å². The maximum atomic E-state index is 12.8. The summed E-state index contributed by atoms with van der Waals surface area (Å²) in [7, 11) is 1.88. The first-order chi connectivity index (χ1) is 13.6. The zero-order valence-corrected chi connectivity index (χ0v) is 18.7. The van der Waals surface area contributed by atoms with Crippen LogP contribution in [0.5, 0.6) is 0 Å². The molecule has 150 valence electrons. The number of anilines is 1. The molecule has 0 N–H and O–H groups in total. The van der Waals surface area contributed by atoms with Crippen LogP contribution in [0.1, 0.15) is 46.3 Å². The largest absolute Gasteiger partial charge is 0.372 e. The van der Waals surface area contributed by atoms with Gasteiger partial charge in [-0.2, -0.15) is 0 Å². The van der Waals surface area contributed by atoms with E-state index < -0.39 is 0 Å². The zero-order chi connectivity index (χ0) is 19.9. The molecule has 0 atom stereocenters. The van der Waals surface area contributed by atoms with Crippen molar-refractivity contribution in [3.63, 3.8) is 0 Å². The lowest BCUT2D eigenvalue weighted by atomic mass is 10.1. The van der Waals surface area contributed by atoms with E-state index in [-0.39, 0.29) is 5.91 Å². The first kappa shape index (κ1) is 21.1. The number of benzene rings is 2. The van der Waals surface area contributed by atoms with E-state index in [2.05, 4.69) is 55.1 Å². The number of hydrogen-bond acceptors (Lipinski definition) is 4. The van der Waals surface area contributed by atoms with Gasteiger partial charge in [-0.1, -0.05) is 24.3 Å². The summed E-state index contributed by atoms with van der Waals surface area (Å²) < 4.78 is 0.514. The van der Waals surface area contributed by atoms with Crippen molar-refractivity contribution >= 4 is 35.1 Å². The van der Waals surface area contributed by atoms with Crippen LogP contribution in [0.4, 0.5) is 5.69 Å². The van der Waals surface area contributed by atoms with E-state index in [0.29, 0.717) is 11.1 Å². The first-order valence-electron chi connectivity index (χ1n) is 10.0. The molecule has 1 saturated heterocycles. The van der Waals surface area contributed by atoms with Gasteiger partial charge in [-0.25, -0.2) is 0 Å². The van der Waals surface area contributed by atoms with Gasteiger partial charge in [-0.15, -0.1) is 23.5 Å². The topological polar surface area (TPSA) is 23.6 Å². The van der Waals surface area contributed by atoms with Gasteiger partial charge < -0.3 is 9.80 Å². The summed E-state index contributed by atoms with van der Waals surface area (Å²) in [5.74, 6) is 2.53.